The van der Waals surface area contributed by atoms with Crippen molar-refractivity contribution in [3.8, 4) is 0 Å². The predicted molar refractivity (Wildman–Crippen MR) is 42.8 cm³/mol. The zero-order valence-electron chi connectivity index (χ0n) is 6.77. The average Bonchev–Trinajstić information content (AvgIpc) is 2.43. The SMILES string of the molecule is Cl.OC1(C(F)(F)F)CC2CCC1N2. The van der Waals surface area contributed by atoms with Gasteiger partial charge in [0.1, 0.15) is 0 Å². The second kappa shape index (κ2) is 3.00. The Morgan fingerprint density at radius 1 is 1.31 bits per heavy atom. The molecule has 0 amide bonds. The molecule has 2 rings (SSSR count). The first-order valence-electron chi connectivity index (χ1n) is 3.98. The fourth-order valence-electron chi connectivity index (χ4n) is 2.19. The summed E-state index contributed by atoms with van der Waals surface area (Å²) in [5.41, 5.74) is -2.46. The highest BCUT2D eigenvalue weighted by atomic mass is 35.5. The minimum Gasteiger partial charge on any atom is -0.379 e. The number of halogens is 4. The van der Waals surface area contributed by atoms with Crippen LogP contribution in [-0.4, -0.2) is 29.0 Å². The van der Waals surface area contributed by atoms with Crippen LogP contribution in [0.1, 0.15) is 19.3 Å². The molecule has 0 spiro atoms. The van der Waals surface area contributed by atoms with Crippen molar-refractivity contribution in [1.29, 1.82) is 0 Å². The molecule has 2 saturated heterocycles. The quantitative estimate of drug-likeness (QED) is 0.640. The molecule has 2 heterocycles. The van der Waals surface area contributed by atoms with Crippen LogP contribution in [0.3, 0.4) is 0 Å². The lowest BCUT2D eigenvalue weighted by molar-refractivity contribution is -0.265. The maximum atomic E-state index is 12.3. The van der Waals surface area contributed by atoms with E-state index in [1.54, 1.807) is 0 Å². The summed E-state index contributed by atoms with van der Waals surface area (Å²) in [6, 6.07) is -0.913. The first kappa shape index (κ1) is 11.1. The summed E-state index contributed by atoms with van der Waals surface area (Å²) in [5, 5.41) is 12.1. The lowest BCUT2D eigenvalue weighted by Crippen LogP contribution is -2.53. The Hall–Kier alpha value is -0.0000000000000000486. The Kier molecular flexibility index (Phi) is 2.56. The second-order valence-corrected chi connectivity index (χ2v) is 3.62. The van der Waals surface area contributed by atoms with Gasteiger partial charge in [-0.15, -0.1) is 12.4 Å². The minimum absolute atomic E-state index is 0. The van der Waals surface area contributed by atoms with Crippen LogP contribution >= 0.6 is 12.4 Å². The Morgan fingerprint density at radius 2 is 1.92 bits per heavy atom. The van der Waals surface area contributed by atoms with Gasteiger partial charge in [-0.1, -0.05) is 0 Å². The fourth-order valence-corrected chi connectivity index (χ4v) is 2.19. The van der Waals surface area contributed by atoms with Gasteiger partial charge in [0, 0.05) is 18.5 Å². The van der Waals surface area contributed by atoms with E-state index < -0.39 is 17.8 Å². The number of hydrogen-bond acceptors (Lipinski definition) is 2. The van der Waals surface area contributed by atoms with Gasteiger partial charge in [0.2, 0.25) is 0 Å². The molecule has 0 aromatic rings. The zero-order chi connectivity index (χ0) is 8.98. The maximum Gasteiger partial charge on any atom is 0.418 e. The van der Waals surface area contributed by atoms with Crippen LogP contribution in [0, 0.1) is 0 Å². The molecule has 2 bridgehead atoms. The molecule has 0 radical (unpaired) electrons. The van der Waals surface area contributed by atoms with E-state index in [4.69, 9.17) is 0 Å². The van der Waals surface area contributed by atoms with Crippen LogP contribution in [0.4, 0.5) is 13.2 Å². The van der Waals surface area contributed by atoms with Crippen molar-refractivity contribution in [2.45, 2.75) is 43.1 Å². The van der Waals surface area contributed by atoms with E-state index in [1.165, 1.54) is 0 Å². The van der Waals surface area contributed by atoms with E-state index >= 15 is 0 Å². The molecular weight excluding hydrogens is 207 g/mol. The number of nitrogens with one attached hydrogen (secondary N) is 1. The Balaban J connectivity index is 0.000000845. The van der Waals surface area contributed by atoms with Crippen LogP contribution in [0.25, 0.3) is 0 Å². The third-order valence-corrected chi connectivity index (χ3v) is 2.87. The van der Waals surface area contributed by atoms with Gasteiger partial charge < -0.3 is 10.4 Å². The lowest BCUT2D eigenvalue weighted by atomic mass is 9.84. The van der Waals surface area contributed by atoms with Crippen molar-refractivity contribution in [3.05, 3.63) is 0 Å². The Bertz CT molecular complexity index is 210. The summed E-state index contributed by atoms with van der Waals surface area (Å²) >= 11 is 0. The van der Waals surface area contributed by atoms with Crippen molar-refractivity contribution in [1.82, 2.24) is 5.32 Å². The summed E-state index contributed by atoms with van der Waals surface area (Å²) in [4.78, 5) is 0. The maximum absolute atomic E-state index is 12.3. The number of aliphatic hydroxyl groups is 1. The summed E-state index contributed by atoms with van der Waals surface area (Å²) in [6.07, 6.45) is -3.48. The first-order chi connectivity index (χ1) is 5.43. The van der Waals surface area contributed by atoms with Crippen molar-refractivity contribution in [2.75, 3.05) is 0 Å². The minimum atomic E-state index is -4.49. The van der Waals surface area contributed by atoms with E-state index in [-0.39, 0.29) is 24.9 Å². The number of hydrogen-bond donors (Lipinski definition) is 2. The monoisotopic (exact) mass is 217 g/mol. The van der Waals surface area contributed by atoms with E-state index in [9.17, 15) is 18.3 Å². The second-order valence-electron chi connectivity index (χ2n) is 3.62. The molecule has 2 aliphatic heterocycles. The molecule has 2 aliphatic rings. The Labute approximate surface area is 79.9 Å². The lowest BCUT2D eigenvalue weighted by Gasteiger charge is -2.32. The van der Waals surface area contributed by atoms with Gasteiger partial charge in [-0.3, -0.25) is 0 Å². The van der Waals surface area contributed by atoms with Crippen molar-refractivity contribution >= 4 is 12.4 Å². The van der Waals surface area contributed by atoms with Gasteiger partial charge in [-0.25, -0.2) is 0 Å². The van der Waals surface area contributed by atoms with Crippen LogP contribution in [-0.2, 0) is 0 Å². The van der Waals surface area contributed by atoms with Gasteiger partial charge in [-0.2, -0.15) is 13.2 Å². The van der Waals surface area contributed by atoms with Gasteiger partial charge >= 0.3 is 6.18 Å². The van der Waals surface area contributed by atoms with Crippen LogP contribution in [0.2, 0.25) is 0 Å². The molecular formula is C7H11ClF3NO. The van der Waals surface area contributed by atoms with E-state index in [0.717, 1.165) is 6.42 Å². The highest BCUT2D eigenvalue weighted by Crippen LogP contribution is 2.46. The van der Waals surface area contributed by atoms with E-state index in [1.807, 2.05) is 0 Å². The normalized spacial score (nSPS) is 43.4. The first-order valence-corrected chi connectivity index (χ1v) is 3.98. The molecule has 78 valence electrons. The summed E-state index contributed by atoms with van der Waals surface area (Å²) in [7, 11) is 0. The average molecular weight is 218 g/mol. The fraction of sp³-hybridized carbons (Fsp3) is 1.00. The molecule has 2 nitrogen and oxygen atoms in total. The zero-order valence-corrected chi connectivity index (χ0v) is 7.58. The van der Waals surface area contributed by atoms with Crippen LogP contribution in [0.5, 0.6) is 0 Å². The smallest absolute Gasteiger partial charge is 0.379 e. The molecule has 0 aromatic heterocycles. The molecule has 3 unspecified atom stereocenters. The molecule has 2 N–H and O–H groups in total. The molecule has 2 fully saturated rings. The van der Waals surface area contributed by atoms with Crippen LogP contribution < -0.4 is 5.32 Å². The highest BCUT2D eigenvalue weighted by Gasteiger charge is 2.64. The van der Waals surface area contributed by atoms with Crippen LogP contribution in [0.15, 0.2) is 0 Å². The largest absolute Gasteiger partial charge is 0.418 e. The molecule has 6 heteroatoms. The summed E-state index contributed by atoms with van der Waals surface area (Å²) in [6.45, 7) is 0. The van der Waals surface area contributed by atoms with E-state index in [0.29, 0.717) is 6.42 Å². The predicted octanol–water partition coefficient (Wildman–Crippen LogP) is 1.23. The highest BCUT2D eigenvalue weighted by molar-refractivity contribution is 5.85. The third kappa shape index (κ3) is 1.43. The summed E-state index contributed by atoms with van der Waals surface area (Å²) < 4.78 is 36.9. The standard InChI is InChI=1S/C7H10F3NO.ClH/c8-7(9,10)6(12)3-4-1-2-5(6)11-4;/h4-5,11-12H,1-3H2;1H. The number of fused-ring (bicyclic) bond motifs is 2. The molecule has 3 atom stereocenters. The van der Waals surface area contributed by atoms with Crippen molar-refractivity contribution in [2.24, 2.45) is 0 Å². The summed E-state index contributed by atoms with van der Waals surface area (Å²) in [5.74, 6) is 0. The van der Waals surface area contributed by atoms with Crippen molar-refractivity contribution in [3.63, 3.8) is 0 Å². The van der Waals surface area contributed by atoms with Gasteiger partial charge in [-0.05, 0) is 12.8 Å². The molecule has 0 saturated carbocycles. The molecule has 13 heavy (non-hydrogen) atoms. The van der Waals surface area contributed by atoms with Crippen molar-refractivity contribution < 1.29 is 18.3 Å². The number of alkyl halides is 3. The Morgan fingerprint density at radius 3 is 2.15 bits per heavy atom. The van der Waals surface area contributed by atoms with Gasteiger partial charge in [0.05, 0.1) is 0 Å². The van der Waals surface area contributed by atoms with Gasteiger partial charge in [0.25, 0.3) is 0 Å². The number of rotatable bonds is 0. The topological polar surface area (TPSA) is 32.3 Å². The third-order valence-electron chi connectivity index (χ3n) is 2.87. The van der Waals surface area contributed by atoms with Gasteiger partial charge in [0.15, 0.2) is 5.60 Å². The van der Waals surface area contributed by atoms with E-state index in [2.05, 4.69) is 5.32 Å². The molecule has 0 aromatic carbocycles. The molecule has 0 aliphatic carbocycles.